The molecule has 0 saturated carbocycles. The minimum atomic E-state index is -0.743. The maximum Gasteiger partial charge on any atom is 0.251 e. The van der Waals surface area contributed by atoms with Gasteiger partial charge in [-0.2, -0.15) is 5.26 Å². The van der Waals surface area contributed by atoms with Crippen LogP contribution in [-0.2, 0) is 0 Å². The molecular weight excluding hydrogens is 182 g/mol. The van der Waals surface area contributed by atoms with Crippen molar-refractivity contribution in [2.24, 2.45) is 5.73 Å². The molecule has 1 rings (SSSR count). The molecule has 5 nitrogen and oxygen atoms in total. The summed E-state index contributed by atoms with van der Waals surface area (Å²) < 4.78 is 0. The number of carbonyl (C=O) groups excluding carboxylic acids is 2. The molecule has 0 aromatic carbocycles. The van der Waals surface area contributed by atoms with Crippen LogP contribution in [0.3, 0.4) is 0 Å². The van der Waals surface area contributed by atoms with E-state index in [1.807, 2.05) is 0 Å². The predicted octanol–water partition coefficient (Wildman–Crippen LogP) is 0.0911. The number of carbonyl (C=O) groups is 2. The highest BCUT2D eigenvalue weighted by Gasteiger charge is 2.15. The van der Waals surface area contributed by atoms with E-state index in [-0.39, 0.29) is 11.3 Å². The Morgan fingerprint density at radius 1 is 1.57 bits per heavy atom. The molecule has 0 aliphatic heterocycles. The maximum atomic E-state index is 11.2. The summed E-state index contributed by atoms with van der Waals surface area (Å²) in [7, 11) is 0. The second kappa shape index (κ2) is 4.14. The van der Waals surface area contributed by atoms with Gasteiger partial charge in [0.2, 0.25) is 5.78 Å². The quantitative estimate of drug-likeness (QED) is 0.679. The minimum Gasteiger partial charge on any atom is -0.366 e. The lowest BCUT2D eigenvalue weighted by Gasteiger charge is -2.00. The van der Waals surface area contributed by atoms with Crippen molar-refractivity contribution < 1.29 is 9.59 Å². The number of hydrogen-bond acceptors (Lipinski definition) is 4. The smallest absolute Gasteiger partial charge is 0.251 e. The third-order valence-corrected chi connectivity index (χ3v) is 1.50. The van der Waals surface area contributed by atoms with Gasteiger partial charge in [0.1, 0.15) is 12.1 Å². The normalized spacial score (nSPS) is 9.07. The summed E-state index contributed by atoms with van der Waals surface area (Å²) in [6.07, 6.45) is 2.12. The topological polar surface area (TPSA) is 96.8 Å². The molecule has 0 fully saturated rings. The number of pyridine rings is 1. The Labute approximate surface area is 80.2 Å². The van der Waals surface area contributed by atoms with Crippen molar-refractivity contribution in [3.05, 3.63) is 36.0 Å². The number of nitrogens with zero attached hydrogens (tertiary/aromatic N) is 2. The lowest BCUT2D eigenvalue weighted by molar-refractivity contribution is 0.0977. The van der Waals surface area contributed by atoms with E-state index < -0.39 is 11.7 Å². The van der Waals surface area contributed by atoms with Crippen LogP contribution in [0.15, 0.2) is 18.3 Å². The third kappa shape index (κ3) is 1.93. The van der Waals surface area contributed by atoms with Gasteiger partial charge in [-0.05, 0) is 12.1 Å². The molecule has 5 heteroatoms. The lowest BCUT2D eigenvalue weighted by atomic mass is 10.1. The van der Waals surface area contributed by atoms with Gasteiger partial charge in [-0.25, -0.2) is 0 Å². The molecule has 0 spiro atoms. The SMILES string of the molecule is N#C[CH]C(=O)c1ncccc1C(N)=O. The predicted molar refractivity (Wildman–Crippen MR) is 47.0 cm³/mol. The summed E-state index contributed by atoms with van der Waals surface area (Å²) in [5.41, 5.74) is 4.94. The molecule has 0 unspecified atom stereocenters. The highest BCUT2D eigenvalue weighted by atomic mass is 16.1. The zero-order valence-electron chi connectivity index (χ0n) is 7.10. The molecule has 0 saturated heterocycles. The Morgan fingerprint density at radius 3 is 2.86 bits per heavy atom. The monoisotopic (exact) mass is 188 g/mol. The lowest BCUT2D eigenvalue weighted by Crippen LogP contribution is -2.17. The Balaban J connectivity index is 3.15. The number of hydrogen-bond donors (Lipinski definition) is 1. The van der Waals surface area contributed by atoms with Crippen molar-refractivity contribution in [3.8, 4) is 6.07 Å². The molecule has 0 atom stereocenters. The number of nitriles is 1. The number of aromatic nitrogens is 1. The summed E-state index contributed by atoms with van der Waals surface area (Å²) >= 11 is 0. The van der Waals surface area contributed by atoms with Crippen LogP contribution in [0.4, 0.5) is 0 Å². The fraction of sp³-hybridized carbons (Fsp3) is 0. The van der Waals surface area contributed by atoms with Crippen molar-refractivity contribution in [1.82, 2.24) is 4.98 Å². The standard InChI is InChI=1S/C9H6N3O2/c10-4-3-7(13)8-6(9(11)14)2-1-5-12-8/h1-3,5H,(H2,11,14). The van der Waals surface area contributed by atoms with Crippen LogP contribution in [0, 0.1) is 17.8 Å². The molecule has 0 aliphatic carbocycles. The number of amides is 1. The average Bonchev–Trinajstić information content (AvgIpc) is 2.18. The molecule has 14 heavy (non-hydrogen) atoms. The average molecular weight is 188 g/mol. The van der Waals surface area contributed by atoms with Gasteiger partial charge in [0.05, 0.1) is 11.6 Å². The second-order valence-corrected chi connectivity index (χ2v) is 2.40. The van der Waals surface area contributed by atoms with Gasteiger partial charge in [0, 0.05) is 6.20 Å². The first-order valence-electron chi connectivity index (χ1n) is 3.69. The van der Waals surface area contributed by atoms with Crippen LogP contribution in [-0.4, -0.2) is 16.7 Å². The van der Waals surface area contributed by atoms with E-state index in [9.17, 15) is 9.59 Å². The van der Waals surface area contributed by atoms with Gasteiger partial charge < -0.3 is 5.73 Å². The van der Waals surface area contributed by atoms with Gasteiger partial charge in [-0.3, -0.25) is 14.6 Å². The fourth-order valence-corrected chi connectivity index (χ4v) is 0.927. The van der Waals surface area contributed by atoms with Crippen LogP contribution in [0.5, 0.6) is 0 Å². The van der Waals surface area contributed by atoms with Crippen LogP contribution >= 0.6 is 0 Å². The first-order valence-corrected chi connectivity index (χ1v) is 3.69. The van der Waals surface area contributed by atoms with Gasteiger partial charge in [-0.15, -0.1) is 0 Å². The molecule has 2 N–H and O–H groups in total. The van der Waals surface area contributed by atoms with E-state index >= 15 is 0 Å². The maximum absolute atomic E-state index is 11.2. The summed E-state index contributed by atoms with van der Waals surface area (Å²) in [4.78, 5) is 25.8. The van der Waals surface area contributed by atoms with Gasteiger partial charge in [0.25, 0.3) is 5.91 Å². The Kier molecular flexibility index (Phi) is 2.92. The van der Waals surface area contributed by atoms with E-state index in [0.29, 0.717) is 0 Å². The number of Topliss-reactive ketones (excluding diaryl/α,β-unsaturated/α-hetero) is 1. The van der Waals surface area contributed by atoms with E-state index in [0.717, 1.165) is 6.42 Å². The first-order chi connectivity index (χ1) is 6.66. The molecule has 1 heterocycles. The van der Waals surface area contributed by atoms with E-state index in [1.165, 1.54) is 18.3 Å². The minimum absolute atomic E-state index is 0.0176. The van der Waals surface area contributed by atoms with Crippen LogP contribution in [0.2, 0.25) is 0 Å². The van der Waals surface area contributed by atoms with Crippen molar-refractivity contribution >= 4 is 11.7 Å². The molecule has 0 bridgehead atoms. The Hall–Kier alpha value is -2.22. The van der Waals surface area contributed by atoms with Crippen molar-refractivity contribution in [2.75, 3.05) is 0 Å². The molecule has 1 radical (unpaired) electrons. The van der Waals surface area contributed by atoms with Gasteiger partial charge in [0.15, 0.2) is 0 Å². The number of primary amides is 1. The third-order valence-electron chi connectivity index (χ3n) is 1.50. The number of rotatable bonds is 3. The van der Waals surface area contributed by atoms with E-state index in [2.05, 4.69) is 4.98 Å². The molecule has 0 aliphatic rings. The zero-order chi connectivity index (χ0) is 10.6. The van der Waals surface area contributed by atoms with Crippen LogP contribution in [0.25, 0.3) is 0 Å². The molecule has 69 valence electrons. The molecule has 1 amide bonds. The highest BCUT2D eigenvalue weighted by Crippen LogP contribution is 2.06. The molecular formula is C9H6N3O2. The summed E-state index contributed by atoms with van der Waals surface area (Å²) in [5, 5.41) is 8.26. The summed E-state index contributed by atoms with van der Waals surface area (Å²) in [6, 6.07) is 4.44. The van der Waals surface area contributed by atoms with Crippen molar-refractivity contribution in [2.45, 2.75) is 0 Å². The van der Waals surface area contributed by atoms with Crippen LogP contribution < -0.4 is 5.73 Å². The largest absolute Gasteiger partial charge is 0.366 e. The second-order valence-electron chi connectivity index (χ2n) is 2.40. The van der Waals surface area contributed by atoms with Gasteiger partial charge in [-0.1, -0.05) is 0 Å². The fourth-order valence-electron chi connectivity index (χ4n) is 0.927. The molecule has 1 aromatic rings. The summed E-state index contributed by atoms with van der Waals surface area (Å²) in [5.74, 6) is -1.37. The zero-order valence-corrected chi connectivity index (χ0v) is 7.10. The van der Waals surface area contributed by atoms with E-state index in [4.69, 9.17) is 11.0 Å². The number of nitrogens with two attached hydrogens (primary N) is 1. The highest BCUT2D eigenvalue weighted by molar-refractivity contribution is 6.10. The Morgan fingerprint density at radius 2 is 2.29 bits per heavy atom. The van der Waals surface area contributed by atoms with Crippen molar-refractivity contribution in [1.29, 1.82) is 5.26 Å². The number of ketones is 1. The van der Waals surface area contributed by atoms with Gasteiger partial charge >= 0.3 is 0 Å². The van der Waals surface area contributed by atoms with Crippen molar-refractivity contribution in [3.63, 3.8) is 0 Å². The van der Waals surface area contributed by atoms with Crippen LogP contribution in [0.1, 0.15) is 20.8 Å². The van der Waals surface area contributed by atoms with E-state index in [1.54, 1.807) is 6.07 Å². The molecule has 1 aromatic heterocycles. The first kappa shape index (κ1) is 9.86. The summed E-state index contributed by atoms with van der Waals surface area (Å²) in [6.45, 7) is 0. The Bertz CT molecular complexity index is 420.